The fourth-order valence-corrected chi connectivity index (χ4v) is 1.30. The third-order valence-corrected chi connectivity index (χ3v) is 2.03. The number of pyridine rings is 1. The maximum atomic E-state index is 5.57. The number of hydrogen-bond donors (Lipinski definition) is 1. The van der Waals surface area contributed by atoms with Crippen molar-refractivity contribution in [3.05, 3.63) is 42.5 Å². The molecule has 0 fully saturated rings. The molecule has 82 valence electrons. The summed E-state index contributed by atoms with van der Waals surface area (Å²) >= 11 is 0. The molecule has 0 spiro atoms. The van der Waals surface area contributed by atoms with Gasteiger partial charge in [0.2, 0.25) is 5.88 Å². The van der Waals surface area contributed by atoms with Gasteiger partial charge in [-0.05, 0) is 18.2 Å². The van der Waals surface area contributed by atoms with Crippen LogP contribution in [0.5, 0.6) is 17.4 Å². The van der Waals surface area contributed by atoms with E-state index in [0.717, 1.165) is 0 Å². The molecule has 0 saturated carbocycles. The fourth-order valence-electron chi connectivity index (χ4n) is 1.30. The highest BCUT2D eigenvalue weighted by atomic mass is 16.5. The first-order valence-electron chi connectivity index (χ1n) is 4.83. The standard InChI is InChI=1S/C12H12N2O2/c1-15-9-5-2-3-6-10(9)16-12-8-4-7-11(13)14-12/h2-8H,1H3,(H2,13,14). The summed E-state index contributed by atoms with van der Waals surface area (Å²) in [6.07, 6.45) is 0. The number of nitrogen functional groups attached to an aromatic ring is 1. The van der Waals surface area contributed by atoms with Gasteiger partial charge in [0, 0.05) is 6.07 Å². The molecule has 4 heteroatoms. The third-order valence-electron chi connectivity index (χ3n) is 2.03. The summed E-state index contributed by atoms with van der Waals surface area (Å²) in [4.78, 5) is 4.04. The van der Waals surface area contributed by atoms with Crippen LogP contribution in [0.15, 0.2) is 42.5 Å². The lowest BCUT2D eigenvalue weighted by molar-refractivity contribution is 0.374. The molecule has 0 atom stereocenters. The Hall–Kier alpha value is -2.23. The summed E-state index contributed by atoms with van der Waals surface area (Å²) in [6, 6.07) is 12.6. The van der Waals surface area contributed by atoms with Gasteiger partial charge in [-0.15, -0.1) is 0 Å². The Morgan fingerprint density at radius 2 is 1.75 bits per heavy atom. The number of hydrogen-bond acceptors (Lipinski definition) is 4. The second kappa shape index (κ2) is 4.53. The molecule has 0 aliphatic rings. The lowest BCUT2D eigenvalue weighted by Gasteiger charge is -2.08. The van der Waals surface area contributed by atoms with E-state index in [2.05, 4.69) is 4.98 Å². The Bertz CT molecular complexity index is 486. The Morgan fingerprint density at radius 1 is 1.00 bits per heavy atom. The number of para-hydroxylation sites is 2. The molecule has 2 rings (SSSR count). The lowest BCUT2D eigenvalue weighted by atomic mass is 10.3. The molecule has 0 aliphatic carbocycles. The molecular formula is C12H12N2O2. The Morgan fingerprint density at radius 3 is 2.44 bits per heavy atom. The molecule has 1 aromatic carbocycles. The zero-order valence-corrected chi connectivity index (χ0v) is 8.88. The van der Waals surface area contributed by atoms with Crippen LogP contribution in [0.4, 0.5) is 5.82 Å². The smallest absolute Gasteiger partial charge is 0.221 e. The molecule has 0 saturated heterocycles. The molecule has 4 nitrogen and oxygen atoms in total. The highest BCUT2D eigenvalue weighted by Crippen LogP contribution is 2.29. The molecule has 0 bridgehead atoms. The molecular weight excluding hydrogens is 204 g/mol. The zero-order chi connectivity index (χ0) is 11.4. The first-order valence-corrected chi connectivity index (χ1v) is 4.83. The molecule has 0 amide bonds. The van der Waals surface area contributed by atoms with Gasteiger partial charge in [-0.2, -0.15) is 4.98 Å². The molecule has 1 heterocycles. The summed E-state index contributed by atoms with van der Waals surface area (Å²) in [7, 11) is 1.59. The molecule has 0 radical (unpaired) electrons. The molecule has 2 aromatic rings. The highest BCUT2D eigenvalue weighted by Gasteiger charge is 2.04. The number of rotatable bonds is 3. The fraction of sp³-hybridized carbons (Fsp3) is 0.0833. The summed E-state index contributed by atoms with van der Waals surface area (Å²) < 4.78 is 10.7. The van der Waals surface area contributed by atoms with Gasteiger partial charge in [-0.3, -0.25) is 0 Å². The number of benzene rings is 1. The van der Waals surface area contributed by atoms with Gasteiger partial charge in [-0.25, -0.2) is 0 Å². The van der Waals surface area contributed by atoms with Crippen LogP contribution in [0.2, 0.25) is 0 Å². The summed E-state index contributed by atoms with van der Waals surface area (Å²) in [5.41, 5.74) is 5.56. The maximum absolute atomic E-state index is 5.57. The van der Waals surface area contributed by atoms with Crippen LogP contribution in [0, 0.1) is 0 Å². The predicted octanol–water partition coefficient (Wildman–Crippen LogP) is 2.46. The van der Waals surface area contributed by atoms with Crippen molar-refractivity contribution in [2.75, 3.05) is 12.8 Å². The van der Waals surface area contributed by atoms with Crippen LogP contribution < -0.4 is 15.2 Å². The van der Waals surface area contributed by atoms with Crippen LogP contribution in [-0.2, 0) is 0 Å². The van der Waals surface area contributed by atoms with Crippen molar-refractivity contribution in [3.63, 3.8) is 0 Å². The number of nitrogens with two attached hydrogens (primary N) is 1. The third kappa shape index (κ3) is 2.23. The van der Waals surface area contributed by atoms with E-state index in [4.69, 9.17) is 15.2 Å². The topological polar surface area (TPSA) is 57.4 Å². The van der Waals surface area contributed by atoms with E-state index in [-0.39, 0.29) is 0 Å². The van der Waals surface area contributed by atoms with Crippen molar-refractivity contribution in [2.24, 2.45) is 0 Å². The van der Waals surface area contributed by atoms with E-state index in [0.29, 0.717) is 23.2 Å². The van der Waals surface area contributed by atoms with Gasteiger partial charge in [0.1, 0.15) is 5.82 Å². The van der Waals surface area contributed by atoms with Gasteiger partial charge in [0.05, 0.1) is 7.11 Å². The highest BCUT2D eigenvalue weighted by molar-refractivity contribution is 5.42. The number of ether oxygens (including phenoxy) is 2. The normalized spacial score (nSPS) is 9.81. The number of methoxy groups -OCH3 is 1. The minimum absolute atomic E-state index is 0.424. The summed E-state index contributed by atoms with van der Waals surface area (Å²) in [5.74, 6) is 2.15. The Labute approximate surface area is 93.6 Å². The molecule has 2 N–H and O–H groups in total. The zero-order valence-electron chi connectivity index (χ0n) is 8.88. The van der Waals surface area contributed by atoms with E-state index in [9.17, 15) is 0 Å². The number of nitrogens with zero attached hydrogens (tertiary/aromatic N) is 1. The van der Waals surface area contributed by atoms with E-state index in [1.165, 1.54) is 0 Å². The predicted molar refractivity (Wildman–Crippen MR) is 61.7 cm³/mol. The number of anilines is 1. The van der Waals surface area contributed by atoms with Crippen molar-refractivity contribution >= 4 is 5.82 Å². The second-order valence-electron chi connectivity index (χ2n) is 3.15. The monoisotopic (exact) mass is 216 g/mol. The van der Waals surface area contributed by atoms with Crippen LogP contribution >= 0.6 is 0 Å². The molecule has 0 aliphatic heterocycles. The Kier molecular flexibility index (Phi) is 2.91. The van der Waals surface area contributed by atoms with Crippen molar-refractivity contribution < 1.29 is 9.47 Å². The van der Waals surface area contributed by atoms with Crippen molar-refractivity contribution in [2.45, 2.75) is 0 Å². The molecule has 0 unspecified atom stereocenters. The van der Waals surface area contributed by atoms with Crippen LogP contribution in [0.1, 0.15) is 0 Å². The maximum Gasteiger partial charge on any atom is 0.221 e. The first-order chi connectivity index (χ1) is 7.79. The molecule has 16 heavy (non-hydrogen) atoms. The van der Waals surface area contributed by atoms with Gasteiger partial charge in [0.15, 0.2) is 11.5 Å². The van der Waals surface area contributed by atoms with Crippen LogP contribution in [0.3, 0.4) is 0 Å². The Balaban J connectivity index is 2.26. The van der Waals surface area contributed by atoms with E-state index < -0.39 is 0 Å². The minimum atomic E-state index is 0.424. The van der Waals surface area contributed by atoms with Crippen molar-refractivity contribution in [1.82, 2.24) is 4.98 Å². The van der Waals surface area contributed by atoms with Crippen LogP contribution in [-0.4, -0.2) is 12.1 Å². The van der Waals surface area contributed by atoms with E-state index >= 15 is 0 Å². The van der Waals surface area contributed by atoms with Crippen molar-refractivity contribution in [3.8, 4) is 17.4 Å². The minimum Gasteiger partial charge on any atom is -0.493 e. The average Bonchev–Trinajstić information content (AvgIpc) is 2.30. The van der Waals surface area contributed by atoms with Gasteiger partial charge in [0.25, 0.3) is 0 Å². The lowest BCUT2D eigenvalue weighted by Crippen LogP contribution is -1.94. The summed E-state index contributed by atoms with van der Waals surface area (Å²) in [5, 5.41) is 0. The average molecular weight is 216 g/mol. The van der Waals surface area contributed by atoms with Gasteiger partial charge in [-0.1, -0.05) is 18.2 Å². The molecule has 1 aromatic heterocycles. The first kappa shape index (κ1) is 10.3. The second-order valence-corrected chi connectivity index (χ2v) is 3.15. The van der Waals surface area contributed by atoms with Crippen LogP contribution in [0.25, 0.3) is 0 Å². The van der Waals surface area contributed by atoms with Gasteiger partial charge >= 0.3 is 0 Å². The van der Waals surface area contributed by atoms with E-state index in [1.54, 1.807) is 25.3 Å². The summed E-state index contributed by atoms with van der Waals surface area (Å²) in [6.45, 7) is 0. The van der Waals surface area contributed by atoms with Gasteiger partial charge < -0.3 is 15.2 Å². The quantitative estimate of drug-likeness (QED) is 0.856. The number of aromatic nitrogens is 1. The van der Waals surface area contributed by atoms with Crippen molar-refractivity contribution in [1.29, 1.82) is 0 Å². The van der Waals surface area contributed by atoms with E-state index in [1.807, 2.05) is 24.3 Å². The SMILES string of the molecule is COc1ccccc1Oc1cccc(N)n1. The largest absolute Gasteiger partial charge is 0.493 e.